The summed E-state index contributed by atoms with van der Waals surface area (Å²) in [5.74, 6) is -0.0486. The molecule has 0 radical (unpaired) electrons. The van der Waals surface area contributed by atoms with Gasteiger partial charge < -0.3 is 15.0 Å². The number of rotatable bonds is 9. The fourth-order valence-electron chi connectivity index (χ4n) is 3.09. The van der Waals surface area contributed by atoms with Gasteiger partial charge in [0.2, 0.25) is 5.91 Å². The van der Waals surface area contributed by atoms with Crippen LogP contribution in [0, 0.1) is 0 Å². The third-order valence-electron chi connectivity index (χ3n) is 4.27. The summed E-state index contributed by atoms with van der Waals surface area (Å²) < 4.78 is 4.05. The van der Waals surface area contributed by atoms with Crippen LogP contribution in [0.4, 0.5) is 0 Å². The first-order valence-corrected chi connectivity index (χ1v) is 9.48. The SMILES string of the molecule is CCCCn1c(=O)n(CC(=O)NC(C)C)c(=O)c2c1nc(CO)n2CCC. The zero-order chi connectivity index (χ0) is 20.1. The number of carbonyl (C=O) groups is 1. The quantitative estimate of drug-likeness (QED) is 0.662. The Hall–Kier alpha value is -2.42. The lowest BCUT2D eigenvalue weighted by Gasteiger charge is -2.13. The normalized spacial score (nSPS) is 11.5. The molecule has 0 fully saturated rings. The lowest BCUT2D eigenvalue weighted by molar-refractivity contribution is -0.122. The van der Waals surface area contributed by atoms with Crippen LogP contribution in [0.3, 0.4) is 0 Å². The van der Waals surface area contributed by atoms with Gasteiger partial charge in [0, 0.05) is 19.1 Å². The molecule has 2 N–H and O–H groups in total. The zero-order valence-electron chi connectivity index (χ0n) is 16.5. The second kappa shape index (κ2) is 8.98. The Morgan fingerprint density at radius 1 is 1.11 bits per heavy atom. The number of hydrogen-bond acceptors (Lipinski definition) is 5. The summed E-state index contributed by atoms with van der Waals surface area (Å²) in [6.07, 6.45) is 2.34. The summed E-state index contributed by atoms with van der Waals surface area (Å²) in [6, 6.07) is -0.0918. The molecule has 0 bridgehead atoms. The predicted octanol–water partition coefficient (Wildman–Crippen LogP) is 0.587. The van der Waals surface area contributed by atoms with Crippen molar-refractivity contribution in [1.82, 2.24) is 24.0 Å². The van der Waals surface area contributed by atoms with Gasteiger partial charge in [0.25, 0.3) is 5.56 Å². The molecular formula is C18H29N5O4. The van der Waals surface area contributed by atoms with Gasteiger partial charge in [-0.25, -0.2) is 14.3 Å². The van der Waals surface area contributed by atoms with E-state index in [4.69, 9.17) is 0 Å². The number of fused-ring (bicyclic) bond motifs is 1. The summed E-state index contributed by atoms with van der Waals surface area (Å²) in [5, 5.41) is 12.3. The molecular weight excluding hydrogens is 350 g/mol. The van der Waals surface area contributed by atoms with Gasteiger partial charge in [0.15, 0.2) is 11.2 Å². The summed E-state index contributed by atoms with van der Waals surface area (Å²) in [5.41, 5.74) is -0.571. The number of nitrogens with zero attached hydrogens (tertiary/aromatic N) is 4. The third kappa shape index (κ3) is 4.29. The molecule has 0 aliphatic heterocycles. The highest BCUT2D eigenvalue weighted by Gasteiger charge is 2.22. The maximum atomic E-state index is 13.0. The molecule has 0 spiro atoms. The van der Waals surface area contributed by atoms with Gasteiger partial charge in [-0.05, 0) is 26.7 Å². The average Bonchev–Trinajstić information content (AvgIpc) is 2.97. The lowest BCUT2D eigenvalue weighted by atomic mass is 10.3. The van der Waals surface area contributed by atoms with Gasteiger partial charge in [-0.2, -0.15) is 0 Å². The van der Waals surface area contributed by atoms with E-state index in [9.17, 15) is 19.5 Å². The Bertz CT molecular complexity index is 922. The van der Waals surface area contributed by atoms with Gasteiger partial charge >= 0.3 is 5.69 Å². The maximum Gasteiger partial charge on any atom is 0.333 e. The number of aryl methyl sites for hydroxylation is 2. The number of hydrogen-bond donors (Lipinski definition) is 2. The van der Waals surface area contributed by atoms with Crippen molar-refractivity contribution in [2.24, 2.45) is 0 Å². The second-order valence-corrected chi connectivity index (χ2v) is 6.91. The van der Waals surface area contributed by atoms with E-state index < -0.39 is 17.2 Å². The average molecular weight is 379 g/mol. The molecule has 1 amide bonds. The van der Waals surface area contributed by atoms with Crippen LogP contribution < -0.4 is 16.6 Å². The smallest absolute Gasteiger partial charge is 0.333 e. The first-order valence-electron chi connectivity index (χ1n) is 9.48. The van der Waals surface area contributed by atoms with Crippen molar-refractivity contribution in [2.75, 3.05) is 0 Å². The van der Waals surface area contributed by atoms with E-state index in [2.05, 4.69) is 10.3 Å². The van der Waals surface area contributed by atoms with Crippen LogP contribution in [0.5, 0.6) is 0 Å². The van der Waals surface area contributed by atoms with Crippen LogP contribution in [0.1, 0.15) is 52.8 Å². The lowest BCUT2D eigenvalue weighted by Crippen LogP contribution is -2.45. The molecule has 150 valence electrons. The van der Waals surface area contributed by atoms with Gasteiger partial charge in [-0.15, -0.1) is 0 Å². The molecule has 2 heterocycles. The number of unbranched alkanes of at least 4 members (excludes halogenated alkanes) is 1. The van der Waals surface area contributed by atoms with Crippen molar-refractivity contribution in [3.05, 3.63) is 26.7 Å². The number of nitrogens with one attached hydrogen (secondary N) is 1. The summed E-state index contributed by atoms with van der Waals surface area (Å²) in [4.78, 5) is 42.5. The summed E-state index contributed by atoms with van der Waals surface area (Å²) >= 11 is 0. The van der Waals surface area contributed by atoms with Crippen molar-refractivity contribution in [1.29, 1.82) is 0 Å². The first kappa shape index (κ1) is 20.9. The first-order chi connectivity index (χ1) is 12.8. The Morgan fingerprint density at radius 2 is 1.81 bits per heavy atom. The fourth-order valence-corrected chi connectivity index (χ4v) is 3.09. The monoisotopic (exact) mass is 379 g/mol. The number of carbonyl (C=O) groups excluding carboxylic acids is 1. The molecule has 27 heavy (non-hydrogen) atoms. The van der Waals surface area contributed by atoms with Gasteiger partial charge in [-0.3, -0.25) is 14.2 Å². The van der Waals surface area contributed by atoms with Crippen molar-refractivity contribution in [3.63, 3.8) is 0 Å². The molecule has 9 nitrogen and oxygen atoms in total. The Kier molecular flexibility index (Phi) is 6.95. The highest BCUT2D eigenvalue weighted by molar-refractivity contribution is 5.77. The van der Waals surface area contributed by atoms with Crippen LogP contribution in [0.25, 0.3) is 11.2 Å². The van der Waals surface area contributed by atoms with Crippen molar-refractivity contribution < 1.29 is 9.90 Å². The molecule has 2 aromatic rings. The van der Waals surface area contributed by atoms with E-state index in [1.807, 2.05) is 27.7 Å². The van der Waals surface area contributed by atoms with Gasteiger partial charge in [-0.1, -0.05) is 20.3 Å². The van der Waals surface area contributed by atoms with Gasteiger partial charge in [0.1, 0.15) is 19.0 Å². The Morgan fingerprint density at radius 3 is 2.37 bits per heavy atom. The molecule has 0 aliphatic carbocycles. The molecule has 0 aromatic carbocycles. The third-order valence-corrected chi connectivity index (χ3v) is 4.27. The summed E-state index contributed by atoms with van der Waals surface area (Å²) in [6.45, 7) is 7.80. The largest absolute Gasteiger partial charge is 0.388 e. The van der Waals surface area contributed by atoms with E-state index in [-0.39, 0.29) is 30.4 Å². The zero-order valence-corrected chi connectivity index (χ0v) is 16.5. The molecule has 0 aliphatic rings. The van der Waals surface area contributed by atoms with Crippen LogP contribution in [0.2, 0.25) is 0 Å². The Balaban J connectivity index is 2.75. The van der Waals surface area contributed by atoms with Crippen LogP contribution in [0.15, 0.2) is 9.59 Å². The van der Waals surface area contributed by atoms with E-state index >= 15 is 0 Å². The summed E-state index contributed by atoms with van der Waals surface area (Å²) in [7, 11) is 0. The van der Waals surface area contributed by atoms with E-state index in [0.717, 1.165) is 23.8 Å². The minimum atomic E-state index is -0.553. The van der Waals surface area contributed by atoms with E-state index in [1.165, 1.54) is 4.57 Å². The minimum absolute atomic E-state index is 0.0918. The van der Waals surface area contributed by atoms with E-state index in [1.54, 1.807) is 4.57 Å². The second-order valence-electron chi connectivity index (χ2n) is 6.91. The molecule has 2 aromatic heterocycles. The minimum Gasteiger partial charge on any atom is -0.388 e. The fraction of sp³-hybridized carbons (Fsp3) is 0.667. The maximum absolute atomic E-state index is 13.0. The van der Waals surface area contributed by atoms with Gasteiger partial charge in [0.05, 0.1) is 0 Å². The molecule has 2 rings (SSSR count). The van der Waals surface area contributed by atoms with Crippen LogP contribution in [-0.4, -0.2) is 35.7 Å². The number of aliphatic hydroxyl groups excluding tert-OH is 1. The van der Waals surface area contributed by atoms with Crippen LogP contribution >= 0.6 is 0 Å². The predicted molar refractivity (Wildman–Crippen MR) is 103 cm³/mol. The number of amides is 1. The Labute approximate surface area is 157 Å². The molecule has 0 atom stereocenters. The number of imidazole rings is 1. The van der Waals surface area contributed by atoms with Crippen molar-refractivity contribution >= 4 is 17.1 Å². The molecule has 9 heteroatoms. The highest BCUT2D eigenvalue weighted by Crippen LogP contribution is 2.13. The topological polar surface area (TPSA) is 111 Å². The van der Waals surface area contributed by atoms with Crippen molar-refractivity contribution in [3.8, 4) is 0 Å². The molecule has 0 saturated carbocycles. The highest BCUT2D eigenvalue weighted by atomic mass is 16.3. The van der Waals surface area contributed by atoms with Crippen LogP contribution in [-0.2, 0) is 31.0 Å². The molecule has 0 saturated heterocycles. The number of aliphatic hydroxyl groups is 1. The van der Waals surface area contributed by atoms with E-state index in [0.29, 0.717) is 18.9 Å². The number of aromatic nitrogens is 4. The van der Waals surface area contributed by atoms with Crippen molar-refractivity contribution in [2.45, 2.75) is 79.2 Å². The molecule has 0 unspecified atom stereocenters. The standard InChI is InChI=1S/C18H29N5O4/c1-5-7-9-22-16-15(21(8-6-2)13(11-24)20-16)17(26)23(18(22)27)10-14(25)19-12(3)4/h12,24H,5-11H2,1-4H3,(H,19,25).